The maximum atomic E-state index is 12.8. The Balaban J connectivity index is 1.53. The fourth-order valence-corrected chi connectivity index (χ4v) is 3.75. The van der Waals surface area contributed by atoms with Gasteiger partial charge in [-0.15, -0.1) is 0 Å². The third-order valence-corrected chi connectivity index (χ3v) is 4.95. The van der Waals surface area contributed by atoms with Gasteiger partial charge in [0.05, 0.1) is 18.3 Å². The van der Waals surface area contributed by atoms with Crippen LogP contribution in [0.1, 0.15) is 36.0 Å². The minimum Gasteiger partial charge on any atom is -0.332 e. The lowest BCUT2D eigenvalue weighted by molar-refractivity contribution is 0.192. The first kappa shape index (κ1) is 16.5. The molecule has 1 N–H and O–H groups in total. The van der Waals surface area contributed by atoms with Crippen LogP contribution in [-0.4, -0.2) is 27.4 Å². The van der Waals surface area contributed by atoms with Gasteiger partial charge < -0.3 is 10.2 Å². The number of hydrogen-bond acceptors (Lipinski definition) is 3. The van der Waals surface area contributed by atoms with Gasteiger partial charge in [-0.1, -0.05) is 42.5 Å². The minimum atomic E-state index is -0.0308. The van der Waals surface area contributed by atoms with Crippen LogP contribution in [0.5, 0.6) is 0 Å². The Bertz CT molecular complexity index is 935. The number of amides is 2. The van der Waals surface area contributed by atoms with Crippen molar-refractivity contribution in [3.05, 3.63) is 71.8 Å². The average molecular weight is 346 g/mol. The molecule has 2 aromatic carbocycles. The molecule has 1 aliphatic heterocycles. The molecule has 1 aromatic heterocycles. The van der Waals surface area contributed by atoms with Crippen LogP contribution in [0.4, 0.5) is 4.79 Å². The van der Waals surface area contributed by atoms with Gasteiger partial charge in [-0.2, -0.15) is 0 Å². The van der Waals surface area contributed by atoms with E-state index in [0.29, 0.717) is 12.4 Å². The van der Waals surface area contributed by atoms with Gasteiger partial charge >= 0.3 is 6.03 Å². The van der Waals surface area contributed by atoms with Gasteiger partial charge in [0.25, 0.3) is 0 Å². The third-order valence-electron chi connectivity index (χ3n) is 4.95. The van der Waals surface area contributed by atoms with E-state index in [2.05, 4.69) is 57.7 Å². The molecule has 1 saturated heterocycles. The Morgan fingerprint density at radius 3 is 2.92 bits per heavy atom. The summed E-state index contributed by atoms with van der Waals surface area (Å²) < 4.78 is 0. The van der Waals surface area contributed by atoms with Crippen LogP contribution in [0, 0.1) is 6.92 Å². The molecule has 2 amide bonds. The van der Waals surface area contributed by atoms with Crippen molar-refractivity contribution in [2.45, 2.75) is 32.4 Å². The van der Waals surface area contributed by atoms with Crippen LogP contribution in [0.2, 0.25) is 0 Å². The van der Waals surface area contributed by atoms with Crippen molar-refractivity contribution in [1.29, 1.82) is 0 Å². The number of nitrogens with one attached hydrogen (secondary N) is 1. The Morgan fingerprint density at radius 2 is 2.04 bits per heavy atom. The summed E-state index contributed by atoms with van der Waals surface area (Å²) in [5.74, 6) is 0.714. The normalized spacial score (nSPS) is 16.8. The van der Waals surface area contributed by atoms with Crippen LogP contribution in [0.3, 0.4) is 0 Å². The first-order valence-corrected chi connectivity index (χ1v) is 9.03. The zero-order valence-corrected chi connectivity index (χ0v) is 14.9. The Labute approximate surface area is 153 Å². The predicted octanol–water partition coefficient (Wildman–Crippen LogP) is 3.98. The molecular formula is C21H22N4O. The number of rotatable bonds is 3. The van der Waals surface area contributed by atoms with Gasteiger partial charge in [0, 0.05) is 12.7 Å². The summed E-state index contributed by atoms with van der Waals surface area (Å²) in [4.78, 5) is 23.2. The van der Waals surface area contributed by atoms with Gasteiger partial charge in [0.1, 0.15) is 5.82 Å². The third kappa shape index (κ3) is 3.25. The number of likely N-dealkylation sites (tertiary alicyclic amines) is 1. The number of fused-ring (bicyclic) bond motifs is 1. The molecule has 1 aliphatic rings. The number of nitrogens with zero attached hydrogens (tertiary/aromatic N) is 3. The highest BCUT2D eigenvalue weighted by molar-refractivity contribution is 5.87. The molecular weight excluding hydrogens is 324 g/mol. The second-order valence-electron chi connectivity index (χ2n) is 6.67. The summed E-state index contributed by atoms with van der Waals surface area (Å²) in [6.07, 6.45) is 3.74. The van der Waals surface area contributed by atoms with E-state index >= 15 is 0 Å². The smallest absolute Gasteiger partial charge is 0.318 e. The van der Waals surface area contributed by atoms with E-state index in [4.69, 9.17) is 0 Å². The number of benzene rings is 2. The van der Waals surface area contributed by atoms with Crippen molar-refractivity contribution >= 4 is 16.8 Å². The fraction of sp³-hybridized carbons (Fsp3) is 0.286. The molecule has 5 heteroatoms. The second-order valence-corrected chi connectivity index (χ2v) is 6.67. The summed E-state index contributed by atoms with van der Waals surface area (Å²) in [7, 11) is 0. The van der Waals surface area contributed by atoms with Gasteiger partial charge in [-0.25, -0.2) is 14.8 Å². The largest absolute Gasteiger partial charge is 0.332 e. The van der Waals surface area contributed by atoms with Crippen molar-refractivity contribution in [2.24, 2.45) is 0 Å². The minimum absolute atomic E-state index is 0.0308. The molecule has 5 nitrogen and oxygen atoms in total. The molecule has 0 aliphatic carbocycles. The lowest BCUT2D eigenvalue weighted by Gasteiger charge is -2.26. The zero-order chi connectivity index (χ0) is 17.9. The quantitative estimate of drug-likeness (QED) is 0.780. The highest BCUT2D eigenvalue weighted by Gasteiger charge is 2.30. The van der Waals surface area contributed by atoms with Gasteiger partial charge in [0.2, 0.25) is 0 Å². The standard InChI is InChI=1S/C21H22N4O/c1-15-22-12-11-17(24-15)14-23-21(26)25-13-5-10-20(25)19-9-4-7-16-6-2-3-8-18(16)19/h2-4,6-9,11-12,20H,5,10,13-14H2,1H3,(H,23,26)/t20-/m0/s1. The predicted molar refractivity (Wildman–Crippen MR) is 102 cm³/mol. The monoisotopic (exact) mass is 346 g/mol. The van der Waals surface area contributed by atoms with E-state index in [1.807, 2.05) is 17.9 Å². The Hall–Kier alpha value is -2.95. The van der Waals surface area contributed by atoms with E-state index in [1.54, 1.807) is 6.20 Å². The van der Waals surface area contributed by atoms with Crippen molar-refractivity contribution < 1.29 is 4.79 Å². The van der Waals surface area contributed by atoms with Crippen molar-refractivity contribution in [3.8, 4) is 0 Å². The average Bonchev–Trinajstić information content (AvgIpc) is 3.15. The molecule has 0 radical (unpaired) electrons. The molecule has 2 heterocycles. The van der Waals surface area contributed by atoms with Crippen LogP contribution in [0.25, 0.3) is 10.8 Å². The fourth-order valence-electron chi connectivity index (χ4n) is 3.75. The SMILES string of the molecule is Cc1nccc(CNC(=O)N2CCC[C@H]2c2cccc3ccccc23)n1. The van der Waals surface area contributed by atoms with Crippen LogP contribution >= 0.6 is 0 Å². The number of aromatic nitrogens is 2. The zero-order valence-electron chi connectivity index (χ0n) is 14.9. The van der Waals surface area contributed by atoms with Crippen LogP contribution < -0.4 is 5.32 Å². The molecule has 26 heavy (non-hydrogen) atoms. The first-order valence-electron chi connectivity index (χ1n) is 9.03. The number of aryl methyl sites for hydroxylation is 1. The van der Waals surface area contributed by atoms with Gasteiger partial charge in [-0.3, -0.25) is 0 Å². The second kappa shape index (κ2) is 7.12. The van der Waals surface area contributed by atoms with Crippen molar-refractivity contribution in [3.63, 3.8) is 0 Å². The molecule has 1 fully saturated rings. The summed E-state index contributed by atoms with van der Waals surface area (Å²) in [5.41, 5.74) is 2.06. The molecule has 132 valence electrons. The van der Waals surface area contributed by atoms with E-state index in [-0.39, 0.29) is 12.1 Å². The highest BCUT2D eigenvalue weighted by atomic mass is 16.2. The Morgan fingerprint density at radius 1 is 1.19 bits per heavy atom. The van der Waals surface area contributed by atoms with E-state index in [1.165, 1.54) is 16.3 Å². The molecule has 0 unspecified atom stereocenters. The maximum absolute atomic E-state index is 12.8. The number of carbonyl (C=O) groups is 1. The first-order chi connectivity index (χ1) is 12.7. The molecule has 3 aromatic rings. The molecule has 1 atom stereocenters. The van der Waals surface area contributed by atoms with E-state index in [0.717, 1.165) is 25.1 Å². The van der Waals surface area contributed by atoms with E-state index < -0.39 is 0 Å². The molecule has 0 spiro atoms. The van der Waals surface area contributed by atoms with Crippen LogP contribution in [0.15, 0.2) is 54.7 Å². The number of hydrogen-bond donors (Lipinski definition) is 1. The van der Waals surface area contributed by atoms with Gasteiger partial charge in [0.15, 0.2) is 0 Å². The van der Waals surface area contributed by atoms with Gasteiger partial charge in [-0.05, 0) is 42.2 Å². The number of carbonyl (C=O) groups excluding carboxylic acids is 1. The van der Waals surface area contributed by atoms with E-state index in [9.17, 15) is 4.79 Å². The van der Waals surface area contributed by atoms with Crippen molar-refractivity contribution in [2.75, 3.05) is 6.54 Å². The highest BCUT2D eigenvalue weighted by Crippen LogP contribution is 2.35. The van der Waals surface area contributed by atoms with Crippen molar-refractivity contribution in [1.82, 2.24) is 20.2 Å². The summed E-state index contributed by atoms with van der Waals surface area (Å²) in [6, 6.07) is 16.6. The Kier molecular flexibility index (Phi) is 4.52. The van der Waals surface area contributed by atoms with Crippen LogP contribution in [-0.2, 0) is 6.54 Å². The topological polar surface area (TPSA) is 58.1 Å². The lowest BCUT2D eigenvalue weighted by atomic mass is 9.97. The maximum Gasteiger partial charge on any atom is 0.318 e. The lowest BCUT2D eigenvalue weighted by Crippen LogP contribution is -2.39. The summed E-state index contributed by atoms with van der Waals surface area (Å²) >= 11 is 0. The summed E-state index contributed by atoms with van der Waals surface area (Å²) in [6.45, 7) is 3.05. The molecule has 0 bridgehead atoms. The number of urea groups is 1. The summed E-state index contributed by atoms with van der Waals surface area (Å²) in [5, 5.41) is 5.46. The molecule has 4 rings (SSSR count). The molecule has 0 saturated carbocycles.